The lowest BCUT2D eigenvalue weighted by molar-refractivity contribution is 0.382. The molecule has 0 aliphatic heterocycles. The Bertz CT molecular complexity index is 132. The fourth-order valence-electron chi connectivity index (χ4n) is 0.184. The van der Waals surface area contributed by atoms with E-state index in [2.05, 4.69) is 14.5 Å². The van der Waals surface area contributed by atoms with E-state index in [4.69, 9.17) is 11.1 Å². The standard InChI is InChI=1S/C4H8N3O2/c1-8-3(5)7-4(6)9-2/h1-2H3,(H2-,5,6,7)/q-1. The molecule has 0 unspecified atom stereocenters. The maximum absolute atomic E-state index is 6.76. The lowest BCUT2D eigenvalue weighted by Crippen LogP contribution is -2.00. The van der Waals surface area contributed by atoms with Gasteiger partial charge < -0.3 is 20.2 Å². The zero-order chi connectivity index (χ0) is 7.28. The highest BCUT2D eigenvalue weighted by molar-refractivity contribution is 5.92. The zero-order valence-electron chi connectivity index (χ0n) is 5.26. The Morgan fingerprint density at radius 1 is 1.44 bits per heavy atom. The van der Waals surface area contributed by atoms with Crippen LogP contribution in [0.25, 0.3) is 5.73 Å². The van der Waals surface area contributed by atoms with Crippen molar-refractivity contribution in [2.24, 2.45) is 4.99 Å². The highest BCUT2D eigenvalue weighted by Crippen LogP contribution is 1.82. The van der Waals surface area contributed by atoms with E-state index in [1.807, 2.05) is 0 Å². The first kappa shape index (κ1) is 7.74. The first-order chi connectivity index (χ1) is 4.20. The van der Waals surface area contributed by atoms with Crippen LogP contribution < -0.4 is 0 Å². The van der Waals surface area contributed by atoms with E-state index in [-0.39, 0.29) is 12.0 Å². The van der Waals surface area contributed by atoms with Gasteiger partial charge in [0.05, 0.1) is 20.2 Å². The summed E-state index contributed by atoms with van der Waals surface area (Å²) < 4.78 is 8.64. The minimum absolute atomic E-state index is 0.332. The van der Waals surface area contributed by atoms with Crippen LogP contribution in [0.2, 0.25) is 0 Å². The number of rotatable bonds is 0. The fourth-order valence-corrected chi connectivity index (χ4v) is 0.184. The third kappa shape index (κ3) is 3.33. The summed E-state index contributed by atoms with van der Waals surface area (Å²) in [7, 11) is 2.60. The molecule has 0 rings (SSSR count). The van der Waals surface area contributed by atoms with Crippen LogP contribution >= 0.6 is 0 Å². The van der Waals surface area contributed by atoms with E-state index in [0.29, 0.717) is 0 Å². The van der Waals surface area contributed by atoms with E-state index >= 15 is 0 Å². The zero-order valence-corrected chi connectivity index (χ0v) is 5.26. The number of nitrogens with zero attached hydrogens (tertiary/aromatic N) is 1. The van der Waals surface area contributed by atoms with Gasteiger partial charge in [-0.25, -0.2) is 0 Å². The van der Waals surface area contributed by atoms with E-state index in [9.17, 15) is 0 Å². The summed E-state index contributed by atoms with van der Waals surface area (Å²) >= 11 is 0. The van der Waals surface area contributed by atoms with Gasteiger partial charge in [-0.1, -0.05) is 0 Å². The van der Waals surface area contributed by atoms with Gasteiger partial charge in [-0.15, -0.1) is 0 Å². The summed E-state index contributed by atoms with van der Waals surface area (Å²) in [5, 5.41) is 6.76. The summed E-state index contributed by atoms with van der Waals surface area (Å²) in [6.07, 6.45) is 0. The Morgan fingerprint density at radius 3 is 2.33 bits per heavy atom. The first-order valence-electron chi connectivity index (χ1n) is 2.17. The molecule has 0 spiro atoms. The summed E-state index contributed by atoms with van der Waals surface area (Å²) in [6, 6.07) is -0.663. The van der Waals surface area contributed by atoms with Crippen molar-refractivity contribution in [2.75, 3.05) is 14.2 Å². The van der Waals surface area contributed by atoms with E-state index in [1.54, 1.807) is 0 Å². The predicted molar refractivity (Wildman–Crippen MR) is 33.5 cm³/mol. The second kappa shape index (κ2) is 3.71. The summed E-state index contributed by atoms with van der Waals surface area (Å²) in [5.41, 5.74) is 6.76. The average molecular weight is 130 g/mol. The SMILES string of the molecule is COC(=N)N=C([NH-])OC. The number of ether oxygens (including phenoxy) is 2. The van der Waals surface area contributed by atoms with Crippen molar-refractivity contribution in [2.45, 2.75) is 0 Å². The molecule has 0 amide bonds. The van der Waals surface area contributed by atoms with Crippen molar-refractivity contribution < 1.29 is 9.47 Å². The molecule has 0 fully saturated rings. The van der Waals surface area contributed by atoms with Crippen molar-refractivity contribution in [1.82, 2.24) is 0 Å². The molecule has 0 saturated carbocycles. The number of hydrogen-bond acceptors (Lipinski definition) is 3. The smallest absolute Gasteiger partial charge is 0.201 e. The molecular weight excluding hydrogens is 122 g/mol. The Balaban J connectivity index is 3.79. The van der Waals surface area contributed by atoms with Crippen LogP contribution in [0.4, 0.5) is 0 Å². The highest BCUT2D eigenvalue weighted by atomic mass is 16.5. The Kier molecular flexibility index (Phi) is 3.19. The summed E-state index contributed by atoms with van der Waals surface area (Å²) in [5.74, 6) is 0. The molecule has 0 bridgehead atoms. The Hall–Kier alpha value is -1.26. The number of amidine groups is 2. The molecule has 0 aromatic heterocycles. The minimum Gasteiger partial charge on any atom is -0.504 e. The maximum atomic E-state index is 6.76. The lowest BCUT2D eigenvalue weighted by Gasteiger charge is -2.06. The molecule has 5 nitrogen and oxygen atoms in total. The van der Waals surface area contributed by atoms with Crippen LogP contribution in [0.1, 0.15) is 0 Å². The van der Waals surface area contributed by atoms with Crippen molar-refractivity contribution in [3.05, 3.63) is 5.73 Å². The molecule has 0 aromatic carbocycles. The van der Waals surface area contributed by atoms with Crippen molar-refractivity contribution in [1.29, 1.82) is 5.41 Å². The summed E-state index contributed by atoms with van der Waals surface area (Å²) in [4.78, 5) is 3.24. The van der Waals surface area contributed by atoms with Crippen LogP contribution in [-0.4, -0.2) is 26.3 Å². The number of methoxy groups -OCH3 is 2. The molecular formula is C4H8N3O2-. The third-order valence-corrected chi connectivity index (χ3v) is 0.590. The molecule has 2 N–H and O–H groups in total. The van der Waals surface area contributed by atoms with E-state index < -0.39 is 0 Å². The first-order valence-corrected chi connectivity index (χ1v) is 2.17. The van der Waals surface area contributed by atoms with Crippen LogP contribution in [0.15, 0.2) is 4.99 Å². The topological polar surface area (TPSA) is 78.5 Å². The molecule has 0 aliphatic carbocycles. The minimum atomic E-state index is -0.332. The van der Waals surface area contributed by atoms with Crippen LogP contribution in [0.3, 0.4) is 0 Å². The molecule has 5 heteroatoms. The third-order valence-electron chi connectivity index (χ3n) is 0.590. The fraction of sp³-hybridized carbons (Fsp3) is 0.500. The number of aliphatic imine (C=N–C) groups is 1. The monoisotopic (exact) mass is 130 g/mol. The highest BCUT2D eigenvalue weighted by Gasteiger charge is 1.78. The second-order valence-corrected chi connectivity index (χ2v) is 1.13. The lowest BCUT2D eigenvalue weighted by atomic mass is 11.0. The Morgan fingerprint density at radius 2 is 2.00 bits per heavy atom. The van der Waals surface area contributed by atoms with Crippen LogP contribution in [-0.2, 0) is 9.47 Å². The normalized spacial score (nSPS) is 10.7. The van der Waals surface area contributed by atoms with Crippen LogP contribution in [0, 0.1) is 5.41 Å². The van der Waals surface area contributed by atoms with Gasteiger partial charge >= 0.3 is 0 Å². The average Bonchev–Trinajstić information content (AvgIpc) is 1.87. The largest absolute Gasteiger partial charge is 0.504 e. The Labute approximate surface area is 53.0 Å². The van der Waals surface area contributed by atoms with Gasteiger partial charge in [-0.2, -0.15) is 0 Å². The molecule has 0 aliphatic rings. The van der Waals surface area contributed by atoms with Crippen molar-refractivity contribution >= 4 is 12.0 Å². The summed E-state index contributed by atoms with van der Waals surface area (Å²) in [6.45, 7) is 0. The number of hydrogen-bond donors (Lipinski definition) is 1. The second-order valence-electron chi connectivity index (χ2n) is 1.13. The van der Waals surface area contributed by atoms with E-state index in [1.165, 1.54) is 14.2 Å². The maximum Gasteiger partial charge on any atom is 0.201 e. The van der Waals surface area contributed by atoms with Crippen molar-refractivity contribution in [3.8, 4) is 0 Å². The van der Waals surface area contributed by atoms with E-state index in [0.717, 1.165) is 0 Å². The van der Waals surface area contributed by atoms with Gasteiger partial charge in [0.15, 0.2) is 0 Å². The number of nitrogens with one attached hydrogen (secondary N) is 2. The molecule has 9 heavy (non-hydrogen) atoms. The van der Waals surface area contributed by atoms with Gasteiger partial charge in [-0.05, 0) is 0 Å². The molecule has 0 radical (unpaired) electrons. The molecule has 0 saturated heterocycles. The van der Waals surface area contributed by atoms with Gasteiger partial charge in [-0.3, -0.25) is 5.41 Å². The van der Waals surface area contributed by atoms with Crippen LogP contribution in [0.5, 0.6) is 0 Å². The van der Waals surface area contributed by atoms with Gasteiger partial charge in [0.25, 0.3) is 0 Å². The molecule has 0 atom stereocenters. The molecule has 52 valence electrons. The van der Waals surface area contributed by atoms with Crippen molar-refractivity contribution in [3.63, 3.8) is 0 Å². The van der Waals surface area contributed by atoms with Gasteiger partial charge in [0.2, 0.25) is 6.02 Å². The molecule has 0 aromatic rings. The van der Waals surface area contributed by atoms with Gasteiger partial charge in [0, 0.05) is 0 Å². The quantitative estimate of drug-likeness (QED) is 0.385. The molecule has 0 heterocycles. The predicted octanol–water partition coefficient (Wildman–Crippen LogP) is 0.622. The van der Waals surface area contributed by atoms with Gasteiger partial charge in [0.1, 0.15) is 0 Å².